The molecule has 1 aliphatic heterocycles. The maximum absolute atomic E-state index is 12.9. The Bertz CT molecular complexity index is 700. The number of aryl methyl sites for hydroxylation is 1. The molecule has 1 fully saturated rings. The summed E-state index contributed by atoms with van der Waals surface area (Å²) in [5, 5.41) is 7.86. The molecule has 0 spiro atoms. The van der Waals surface area contributed by atoms with Crippen LogP contribution in [-0.2, 0) is 0 Å². The highest BCUT2D eigenvalue weighted by Gasteiger charge is 2.28. The number of rotatable bonds is 4. The molecule has 1 amide bonds. The molecule has 1 aromatic carbocycles. The lowest BCUT2D eigenvalue weighted by atomic mass is 10.1. The molecule has 128 valence electrons. The molecule has 0 aliphatic carbocycles. The molecule has 1 aliphatic rings. The fraction of sp³-hybridized carbons (Fsp3) is 0.438. The van der Waals surface area contributed by atoms with Gasteiger partial charge >= 0.3 is 6.01 Å². The molecule has 8 nitrogen and oxygen atoms in total. The van der Waals surface area contributed by atoms with Gasteiger partial charge < -0.3 is 23.7 Å². The monoisotopic (exact) mass is 332 g/mol. The van der Waals surface area contributed by atoms with Crippen LogP contribution in [0.5, 0.6) is 11.5 Å². The molecule has 0 bridgehead atoms. The van der Waals surface area contributed by atoms with E-state index >= 15 is 0 Å². The Morgan fingerprint density at radius 2 is 1.71 bits per heavy atom. The van der Waals surface area contributed by atoms with Gasteiger partial charge in [0.2, 0.25) is 5.89 Å². The van der Waals surface area contributed by atoms with Crippen molar-refractivity contribution in [2.75, 3.05) is 45.3 Å². The van der Waals surface area contributed by atoms with Gasteiger partial charge in [-0.3, -0.25) is 4.79 Å². The normalized spacial score (nSPS) is 14.6. The van der Waals surface area contributed by atoms with Crippen molar-refractivity contribution in [3.63, 3.8) is 0 Å². The van der Waals surface area contributed by atoms with E-state index < -0.39 is 0 Å². The van der Waals surface area contributed by atoms with Crippen molar-refractivity contribution in [3.8, 4) is 11.5 Å². The second-order valence-electron chi connectivity index (χ2n) is 5.42. The molecular formula is C16H20N4O4. The van der Waals surface area contributed by atoms with Crippen molar-refractivity contribution in [1.82, 2.24) is 15.1 Å². The number of piperazine rings is 1. The van der Waals surface area contributed by atoms with E-state index in [1.165, 1.54) is 0 Å². The molecule has 24 heavy (non-hydrogen) atoms. The predicted molar refractivity (Wildman–Crippen MR) is 86.7 cm³/mol. The van der Waals surface area contributed by atoms with E-state index in [0.717, 1.165) is 0 Å². The summed E-state index contributed by atoms with van der Waals surface area (Å²) in [7, 11) is 3.09. The van der Waals surface area contributed by atoms with Crippen LogP contribution in [0.25, 0.3) is 0 Å². The lowest BCUT2D eigenvalue weighted by molar-refractivity contribution is 0.0738. The molecule has 0 radical (unpaired) electrons. The fourth-order valence-electron chi connectivity index (χ4n) is 2.73. The van der Waals surface area contributed by atoms with Crippen molar-refractivity contribution in [2.45, 2.75) is 6.92 Å². The van der Waals surface area contributed by atoms with Crippen molar-refractivity contribution >= 4 is 11.9 Å². The van der Waals surface area contributed by atoms with Crippen LogP contribution in [0.1, 0.15) is 16.2 Å². The Morgan fingerprint density at radius 1 is 1.08 bits per heavy atom. The van der Waals surface area contributed by atoms with Crippen LogP contribution in [0.3, 0.4) is 0 Å². The van der Waals surface area contributed by atoms with E-state index in [0.29, 0.717) is 55.1 Å². The van der Waals surface area contributed by atoms with Gasteiger partial charge in [0, 0.05) is 33.1 Å². The zero-order valence-electron chi connectivity index (χ0n) is 14.0. The molecular weight excluding hydrogens is 312 g/mol. The zero-order valence-corrected chi connectivity index (χ0v) is 14.0. The number of amides is 1. The van der Waals surface area contributed by atoms with Crippen LogP contribution >= 0.6 is 0 Å². The summed E-state index contributed by atoms with van der Waals surface area (Å²) in [5.41, 5.74) is 0.449. The van der Waals surface area contributed by atoms with Crippen molar-refractivity contribution in [3.05, 3.63) is 29.7 Å². The Balaban J connectivity index is 1.74. The van der Waals surface area contributed by atoms with Gasteiger partial charge in [-0.25, -0.2) is 0 Å². The maximum Gasteiger partial charge on any atom is 0.318 e. The molecule has 1 saturated heterocycles. The minimum atomic E-state index is -0.106. The minimum absolute atomic E-state index is 0.106. The van der Waals surface area contributed by atoms with Gasteiger partial charge in [-0.2, -0.15) is 0 Å². The fourth-order valence-corrected chi connectivity index (χ4v) is 2.73. The van der Waals surface area contributed by atoms with Gasteiger partial charge in [-0.1, -0.05) is 11.2 Å². The van der Waals surface area contributed by atoms with Gasteiger partial charge in [0.25, 0.3) is 5.91 Å². The molecule has 1 aromatic heterocycles. The average Bonchev–Trinajstić information content (AvgIpc) is 3.06. The third-order valence-electron chi connectivity index (χ3n) is 3.99. The Morgan fingerprint density at radius 3 is 2.21 bits per heavy atom. The number of aromatic nitrogens is 2. The first-order chi connectivity index (χ1) is 11.6. The number of nitrogens with zero attached hydrogens (tertiary/aromatic N) is 4. The lowest BCUT2D eigenvalue weighted by Gasteiger charge is -2.34. The van der Waals surface area contributed by atoms with Crippen LogP contribution in [-0.4, -0.2) is 61.4 Å². The van der Waals surface area contributed by atoms with Gasteiger partial charge in [0.05, 0.1) is 14.2 Å². The van der Waals surface area contributed by atoms with Crippen LogP contribution in [0.2, 0.25) is 0 Å². The van der Waals surface area contributed by atoms with E-state index in [-0.39, 0.29) is 5.91 Å². The number of methoxy groups -OCH3 is 2. The third-order valence-corrected chi connectivity index (χ3v) is 3.99. The van der Waals surface area contributed by atoms with E-state index in [4.69, 9.17) is 13.9 Å². The maximum atomic E-state index is 12.9. The average molecular weight is 332 g/mol. The highest BCUT2D eigenvalue weighted by atomic mass is 16.5. The smallest absolute Gasteiger partial charge is 0.318 e. The summed E-state index contributed by atoms with van der Waals surface area (Å²) in [6, 6.07) is 5.81. The van der Waals surface area contributed by atoms with Crippen LogP contribution in [0.15, 0.2) is 22.6 Å². The number of hydrogen-bond acceptors (Lipinski definition) is 7. The number of anilines is 1. The molecule has 3 rings (SSSR count). The van der Waals surface area contributed by atoms with Gasteiger partial charge in [-0.05, 0) is 12.1 Å². The summed E-state index contributed by atoms with van der Waals surface area (Å²) in [4.78, 5) is 16.7. The second kappa shape index (κ2) is 6.77. The second-order valence-corrected chi connectivity index (χ2v) is 5.42. The first kappa shape index (κ1) is 16.1. The number of hydrogen-bond donors (Lipinski definition) is 0. The van der Waals surface area contributed by atoms with Gasteiger partial charge in [0.15, 0.2) is 0 Å². The molecule has 2 heterocycles. The standard InChI is InChI=1S/C16H20N4O4/c1-11-17-18-16(24-11)20-9-7-19(8-10-20)15(21)14-12(22-2)5-4-6-13(14)23-3/h4-6H,7-10H2,1-3H3. The molecule has 0 N–H and O–H groups in total. The minimum Gasteiger partial charge on any atom is -0.496 e. The summed E-state index contributed by atoms with van der Waals surface area (Å²) in [6.07, 6.45) is 0. The number of ether oxygens (including phenoxy) is 2. The van der Waals surface area contributed by atoms with Crippen molar-refractivity contribution in [1.29, 1.82) is 0 Å². The van der Waals surface area contributed by atoms with Gasteiger partial charge in [-0.15, -0.1) is 5.10 Å². The highest BCUT2D eigenvalue weighted by molar-refractivity contribution is 5.99. The molecule has 0 unspecified atom stereocenters. The highest BCUT2D eigenvalue weighted by Crippen LogP contribution is 2.30. The van der Waals surface area contributed by atoms with Gasteiger partial charge in [0.1, 0.15) is 17.1 Å². The van der Waals surface area contributed by atoms with Crippen LogP contribution in [0.4, 0.5) is 6.01 Å². The Labute approximate surface area is 140 Å². The lowest BCUT2D eigenvalue weighted by Crippen LogP contribution is -2.49. The topological polar surface area (TPSA) is 80.9 Å². The largest absolute Gasteiger partial charge is 0.496 e. The summed E-state index contributed by atoms with van der Waals surface area (Å²) < 4.78 is 16.1. The van der Waals surface area contributed by atoms with Crippen molar-refractivity contribution < 1.29 is 18.7 Å². The molecule has 8 heteroatoms. The Kier molecular flexibility index (Phi) is 4.54. The van der Waals surface area contributed by atoms with Crippen molar-refractivity contribution in [2.24, 2.45) is 0 Å². The number of carbonyl (C=O) groups excluding carboxylic acids is 1. The van der Waals surface area contributed by atoms with E-state index in [2.05, 4.69) is 10.2 Å². The van der Waals surface area contributed by atoms with E-state index in [9.17, 15) is 4.79 Å². The quantitative estimate of drug-likeness (QED) is 0.836. The Hall–Kier alpha value is -2.77. The van der Waals surface area contributed by atoms with E-state index in [1.807, 2.05) is 4.90 Å². The summed E-state index contributed by atoms with van der Waals surface area (Å²) >= 11 is 0. The zero-order chi connectivity index (χ0) is 17.1. The molecule has 2 aromatic rings. The number of benzene rings is 1. The summed E-state index contributed by atoms with van der Waals surface area (Å²) in [5.74, 6) is 1.44. The third kappa shape index (κ3) is 2.99. The first-order valence-corrected chi connectivity index (χ1v) is 7.69. The van der Waals surface area contributed by atoms with Crippen LogP contribution < -0.4 is 14.4 Å². The molecule has 0 atom stereocenters. The molecule has 0 saturated carbocycles. The first-order valence-electron chi connectivity index (χ1n) is 7.69. The van der Waals surface area contributed by atoms with E-state index in [1.54, 1.807) is 44.2 Å². The SMILES string of the molecule is COc1cccc(OC)c1C(=O)N1CCN(c2nnc(C)o2)CC1. The number of carbonyl (C=O) groups is 1. The summed E-state index contributed by atoms with van der Waals surface area (Å²) in [6.45, 7) is 4.13. The predicted octanol–water partition coefficient (Wildman–Crippen LogP) is 1.36. The van der Waals surface area contributed by atoms with Crippen LogP contribution in [0, 0.1) is 6.92 Å².